The number of nitrogens with zero attached hydrogens (tertiary/aromatic N) is 4. The van der Waals surface area contributed by atoms with Crippen LogP contribution < -0.4 is 11.1 Å². The van der Waals surface area contributed by atoms with Crippen molar-refractivity contribution in [2.45, 2.75) is 19.8 Å². The molecule has 1 fully saturated rings. The minimum Gasteiger partial charge on any atom is -0.398 e. The number of hydrogen-bond acceptors (Lipinski definition) is 5. The van der Waals surface area contributed by atoms with E-state index in [0.29, 0.717) is 37.4 Å². The summed E-state index contributed by atoms with van der Waals surface area (Å²) in [6, 6.07) is 7.74. The quantitative estimate of drug-likeness (QED) is 0.472. The number of benzene rings is 1. The fourth-order valence-electron chi connectivity index (χ4n) is 4.04. The molecule has 33 heavy (non-hydrogen) atoms. The van der Waals surface area contributed by atoms with Gasteiger partial charge in [-0.15, -0.1) is 0 Å². The number of nitrogen functional groups attached to an aromatic ring is 1. The van der Waals surface area contributed by atoms with E-state index >= 15 is 0 Å². The zero-order valence-electron chi connectivity index (χ0n) is 19.1. The van der Waals surface area contributed by atoms with Crippen LogP contribution in [0.25, 0.3) is 21.9 Å². The van der Waals surface area contributed by atoms with Crippen molar-refractivity contribution in [1.29, 1.82) is 0 Å². The van der Waals surface area contributed by atoms with Crippen LogP contribution in [-0.4, -0.2) is 58.9 Å². The molecule has 3 N–H and O–H groups in total. The predicted octanol–water partition coefficient (Wildman–Crippen LogP) is 3.83. The third-order valence-corrected chi connectivity index (χ3v) is 5.86. The van der Waals surface area contributed by atoms with Crippen molar-refractivity contribution in [2.24, 2.45) is 0 Å². The van der Waals surface area contributed by atoms with Gasteiger partial charge in [-0.2, -0.15) is 0 Å². The van der Waals surface area contributed by atoms with Gasteiger partial charge >= 0.3 is 6.03 Å². The third-order valence-electron chi connectivity index (χ3n) is 5.86. The van der Waals surface area contributed by atoms with Crippen molar-refractivity contribution >= 4 is 34.2 Å². The molecule has 2 aromatic heterocycles. The molecule has 8 nitrogen and oxygen atoms in total. The maximum Gasteiger partial charge on any atom is 0.319 e. The first kappa shape index (κ1) is 22.3. The normalized spacial score (nSPS) is 13.7. The van der Waals surface area contributed by atoms with Crippen molar-refractivity contribution in [3.63, 3.8) is 0 Å². The van der Waals surface area contributed by atoms with Gasteiger partial charge in [-0.1, -0.05) is 5.57 Å². The monoisotopic (exact) mass is 444 g/mol. The number of nitrogens with two attached hydrogens (primary N) is 1. The van der Waals surface area contributed by atoms with E-state index in [1.165, 1.54) is 0 Å². The first-order chi connectivity index (χ1) is 15.8. The second-order valence-corrected chi connectivity index (χ2v) is 8.50. The molecule has 3 aromatic rings. The maximum atomic E-state index is 12.6. The number of anilines is 2. The van der Waals surface area contributed by atoms with Gasteiger partial charge in [0.05, 0.1) is 0 Å². The molecular formula is C25H28N6O2. The van der Waals surface area contributed by atoms with Crippen molar-refractivity contribution in [1.82, 2.24) is 19.8 Å². The number of carbonyl (C=O) groups excluding carboxylic acids is 2. The molecule has 3 amide bonds. The minimum absolute atomic E-state index is 0.000940. The van der Waals surface area contributed by atoms with Crippen LogP contribution in [-0.2, 0) is 4.79 Å². The van der Waals surface area contributed by atoms with Gasteiger partial charge in [0.2, 0.25) is 5.91 Å². The highest BCUT2D eigenvalue weighted by molar-refractivity contribution is 6.02. The highest BCUT2D eigenvalue weighted by Gasteiger charge is 2.20. The molecule has 0 saturated carbocycles. The van der Waals surface area contributed by atoms with Gasteiger partial charge < -0.3 is 20.9 Å². The van der Waals surface area contributed by atoms with E-state index < -0.39 is 0 Å². The van der Waals surface area contributed by atoms with Crippen molar-refractivity contribution in [2.75, 3.05) is 38.2 Å². The van der Waals surface area contributed by atoms with Crippen molar-refractivity contribution in [3.8, 4) is 11.1 Å². The lowest BCUT2D eigenvalue weighted by Gasteiger charge is -2.30. The Morgan fingerprint density at radius 2 is 1.91 bits per heavy atom. The van der Waals surface area contributed by atoms with Gasteiger partial charge in [-0.3, -0.25) is 9.78 Å². The van der Waals surface area contributed by atoms with E-state index in [0.717, 1.165) is 33.0 Å². The summed E-state index contributed by atoms with van der Waals surface area (Å²) in [6.07, 6.45) is 8.25. The van der Waals surface area contributed by atoms with Crippen LogP contribution in [0.15, 0.2) is 54.5 Å². The van der Waals surface area contributed by atoms with Crippen LogP contribution in [0, 0.1) is 6.92 Å². The molecule has 1 aliphatic rings. The lowest BCUT2D eigenvalue weighted by atomic mass is 9.99. The fraction of sp³-hybridized carbons (Fsp3) is 0.280. The first-order valence-electron chi connectivity index (χ1n) is 10.9. The van der Waals surface area contributed by atoms with E-state index in [9.17, 15) is 9.59 Å². The Morgan fingerprint density at radius 1 is 1.15 bits per heavy atom. The van der Waals surface area contributed by atoms with Crippen LogP contribution in [0.5, 0.6) is 0 Å². The minimum atomic E-state index is -0.225. The summed E-state index contributed by atoms with van der Waals surface area (Å²) in [5.74, 6) is 0.237. The fourth-order valence-corrected chi connectivity index (χ4v) is 4.04. The topological polar surface area (TPSA) is 104 Å². The molecule has 0 spiro atoms. The van der Waals surface area contributed by atoms with Gasteiger partial charge in [0.25, 0.3) is 0 Å². The van der Waals surface area contributed by atoms with Gasteiger partial charge in [0.15, 0.2) is 0 Å². The Morgan fingerprint density at radius 3 is 2.61 bits per heavy atom. The molecule has 1 saturated heterocycles. The van der Waals surface area contributed by atoms with Crippen molar-refractivity contribution in [3.05, 3.63) is 60.1 Å². The molecule has 0 radical (unpaired) electrons. The number of fused-ring (bicyclic) bond motifs is 1. The molecule has 1 aliphatic heterocycles. The standard InChI is InChI=1S/C25H28N6O2/c1-16-4-7-27-14-20(16)18-11-19-13-23(28-15-21(19)22(26)12-18)29-24(32)10-17-5-8-31(9-6-17)25(33)30(2)3/h4,7,10-15H,5-6,8-9,26H2,1-3H3,(H,28,29,32). The lowest BCUT2D eigenvalue weighted by molar-refractivity contribution is -0.112. The second kappa shape index (κ2) is 9.28. The zero-order valence-corrected chi connectivity index (χ0v) is 19.1. The Hall–Kier alpha value is -3.94. The van der Waals surface area contributed by atoms with Gasteiger partial charge in [-0.25, -0.2) is 9.78 Å². The number of amides is 3. The number of aryl methyl sites for hydroxylation is 1. The van der Waals surface area contributed by atoms with Crippen LogP contribution in [0.4, 0.5) is 16.3 Å². The average molecular weight is 445 g/mol. The Bertz CT molecular complexity index is 1240. The Labute approximate surface area is 193 Å². The number of hydrogen-bond donors (Lipinski definition) is 2. The molecular weight excluding hydrogens is 416 g/mol. The number of nitrogens with one attached hydrogen (secondary N) is 1. The van der Waals surface area contributed by atoms with Gasteiger partial charge in [0.1, 0.15) is 5.82 Å². The molecule has 4 rings (SSSR count). The first-order valence-corrected chi connectivity index (χ1v) is 10.9. The smallest absolute Gasteiger partial charge is 0.319 e. The number of pyridine rings is 2. The maximum absolute atomic E-state index is 12.6. The number of urea groups is 1. The molecule has 0 atom stereocenters. The van der Waals surface area contributed by atoms with E-state index in [-0.39, 0.29) is 11.9 Å². The molecule has 0 aliphatic carbocycles. The number of rotatable bonds is 3. The molecule has 0 bridgehead atoms. The van der Waals surface area contributed by atoms with Crippen LogP contribution in [0.3, 0.4) is 0 Å². The molecule has 3 heterocycles. The van der Waals surface area contributed by atoms with Crippen LogP contribution >= 0.6 is 0 Å². The number of carbonyl (C=O) groups is 2. The summed E-state index contributed by atoms with van der Waals surface area (Å²) in [5.41, 5.74) is 11.0. The van der Waals surface area contributed by atoms with E-state index in [2.05, 4.69) is 15.3 Å². The molecule has 170 valence electrons. The van der Waals surface area contributed by atoms with E-state index in [4.69, 9.17) is 5.73 Å². The number of piperidine rings is 1. The van der Waals surface area contributed by atoms with Crippen molar-refractivity contribution < 1.29 is 9.59 Å². The number of likely N-dealkylation sites (tertiary alicyclic amines) is 1. The predicted molar refractivity (Wildman–Crippen MR) is 131 cm³/mol. The molecule has 0 unspecified atom stereocenters. The van der Waals surface area contributed by atoms with Crippen LogP contribution in [0.2, 0.25) is 0 Å². The molecule has 1 aromatic carbocycles. The summed E-state index contributed by atoms with van der Waals surface area (Å²) in [6.45, 7) is 3.25. The zero-order chi connectivity index (χ0) is 23.5. The summed E-state index contributed by atoms with van der Waals surface area (Å²) in [5, 5.41) is 4.57. The Kier molecular flexibility index (Phi) is 6.26. The lowest BCUT2D eigenvalue weighted by Crippen LogP contribution is -2.42. The van der Waals surface area contributed by atoms with Crippen LogP contribution in [0.1, 0.15) is 18.4 Å². The average Bonchev–Trinajstić information content (AvgIpc) is 2.79. The summed E-state index contributed by atoms with van der Waals surface area (Å²) < 4.78 is 0. The second-order valence-electron chi connectivity index (χ2n) is 8.50. The van der Waals surface area contributed by atoms with E-state index in [1.807, 2.05) is 37.4 Å². The SMILES string of the molecule is Cc1ccncc1-c1cc(N)c2cnc(NC(=O)C=C3CCN(C(=O)N(C)C)CC3)cc2c1. The van der Waals surface area contributed by atoms with E-state index in [1.54, 1.807) is 42.4 Å². The number of aromatic nitrogens is 2. The third kappa shape index (κ3) is 4.95. The summed E-state index contributed by atoms with van der Waals surface area (Å²) in [4.78, 5) is 36.6. The highest BCUT2D eigenvalue weighted by Crippen LogP contribution is 2.31. The van der Waals surface area contributed by atoms with Gasteiger partial charge in [0, 0.05) is 68.5 Å². The Balaban J connectivity index is 1.50. The molecule has 8 heteroatoms. The largest absolute Gasteiger partial charge is 0.398 e. The summed E-state index contributed by atoms with van der Waals surface area (Å²) in [7, 11) is 3.48. The summed E-state index contributed by atoms with van der Waals surface area (Å²) >= 11 is 0. The highest BCUT2D eigenvalue weighted by atomic mass is 16.2. The van der Waals surface area contributed by atoms with Gasteiger partial charge in [-0.05, 0) is 60.5 Å².